The predicted octanol–water partition coefficient (Wildman–Crippen LogP) is 8.52. The molecular formula is C35H38F2N4. The van der Waals surface area contributed by atoms with Crippen LogP contribution in [-0.2, 0) is 6.54 Å². The van der Waals surface area contributed by atoms with Gasteiger partial charge < -0.3 is 10.2 Å². The van der Waals surface area contributed by atoms with E-state index in [1.807, 2.05) is 44.2 Å². The summed E-state index contributed by atoms with van der Waals surface area (Å²) < 4.78 is 31.0. The Morgan fingerprint density at radius 2 is 1.39 bits per heavy atom. The first-order valence-corrected chi connectivity index (χ1v) is 14.3. The average molecular weight is 553 g/mol. The van der Waals surface area contributed by atoms with E-state index in [0.717, 1.165) is 60.7 Å². The lowest BCUT2D eigenvalue weighted by Gasteiger charge is -2.34. The third-order valence-corrected chi connectivity index (χ3v) is 8.01. The topological polar surface area (TPSA) is 30.9 Å². The molecule has 4 nitrogen and oxygen atoms in total. The summed E-state index contributed by atoms with van der Waals surface area (Å²) in [6, 6.07) is 22.9. The minimum atomic E-state index is -0.737. The molecule has 0 saturated carbocycles. The molecule has 1 aliphatic heterocycles. The van der Waals surface area contributed by atoms with Crippen LogP contribution >= 0.6 is 0 Å². The number of aryl methyl sites for hydroxylation is 2. The normalized spacial score (nSPS) is 14.3. The Morgan fingerprint density at radius 1 is 0.780 bits per heavy atom. The quantitative estimate of drug-likeness (QED) is 0.211. The highest BCUT2D eigenvalue weighted by Gasteiger charge is 2.20. The second-order valence-electron chi connectivity index (χ2n) is 10.9. The molecule has 0 bridgehead atoms. The van der Waals surface area contributed by atoms with Gasteiger partial charge in [-0.05, 0) is 79.0 Å². The molecule has 0 aliphatic carbocycles. The van der Waals surface area contributed by atoms with Gasteiger partial charge >= 0.3 is 0 Å². The molecule has 0 amide bonds. The van der Waals surface area contributed by atoms with Crippen LogP contribution in [-0.4, -0.2) is 49.2 Å². The van der Waals surface area contributed by atoms with Crippen LogP contribution in [0, 0.1) is 25.5 Å². The number of hydrogen-bond donors (Lipinski definition) is 1. The maximum Gasteiger partial charge on any atom is 0.161 e. The summed E-state index contributed by atoms with van der Waals surface area (Å²) >= 11 is 0. The number of hydrogen-bond acceptors (Lipinski definition) is 4. The minimum absolute atomic E-state index is 0.00827. The van der Waals surface area contributed by atoms with Crippen LogP contribution in [0.2, 0.25) is 0 Å². The van der Waals surface area contributed by atoms with Crippen molar-refractivity contribution in [3.8, 4) is 22.3 Å². The standard InChI is InChI=1S/C35H38F2N4/c1-5-16-40-17-19-41(20-18-40)23-26-7-9-27(10-8-26)28-11-13-29(14-12-28)33-31(36)22-32(35(38-4)34(33)37)39-30-15-6-24(2)25(3)21-30/h6-15,21-22,39H,4-5,16-20,23H2,1-3H3. The van der Waals surface area contributed by atoms with E-state index in [-0.39, 0.29) is 16.9 Å². The highest BCUT2D eigenvalue weighted by molar-refractivity contribution is 5.82. The van der Waals surface area contributed by atoms with Gasteiger partial charge in [-0.25, -0.2) is 8.78 Å². The number of aliphatic imine (C=N–C) groups is 1. The second kappa shape index (κ2) is 12.8. The fourth-order valence-electron chi connectivity index (χ4n) is 5.48. The zero-order valence-corrected chi connectivity index (χ0v) is 24.2. The summed E-state index contributed by atoms with van der Waals surface area (Å²) in [5.41, 5.74) is 6.86. The SMILES string of the molecule is C=Nc1c(Nc2ccc(C)c(C)c2)cc(F)c(-c2ccc(-c3ccc(CN4CCN(CCC)CC4)cc3)cc2)c1F. The summed E-state index contributed by atoms with van der Waals surface area (Å²) in [5, 5.41) is 3.10. The molecule has 1 heterocycles. The van der Waals surface area contributed by atoms with Gasteiger partial charge in [0.1, 0.15) is 11.5 Å². The molecule has 4 aromatic rings. The van der Waals surface area contributed by atoms with E-state index >= 15 is 8.78 Å². The Kier molecular flexibility index (Phi) is 8.91. The number of nitrogens with one attached hydrogen (secondary N) is 1. The molecular weight excluding hydrogens is 514 g/mol. The van der Waals surface area contributed by atoms with Gasteiger partial charge in [0, 0.05) is 44.5 Å². The molecule has 0 radical (unpaired) electrons. The van der Waals surface area contributed by atoms with Gasteiger partial charge in [0.05, 0.1) is 11.3 Å². The average Bonchev–Trinajstić information content (AvgIpc) is 2.97. The van der Waals surface area contributed by atoms with Crippen LogP contribution in [0.3, 0.4) is 0 Å². The van der Waals surface area contributed by atoms with Gasteiger partial charge in [0.2, 0.25) is 0 Å². The molecule has 5 rings (SSSR count). The van der Waals surface area contributed by atoms with Crippen molar-refractivity contribution in [3.05, 3.63) is 101 Å². The van der Waals surface area contributed by atoms with Crippen LogP contribution in [0.5, 0.6) is 0 Å². The molecule has 0 atom stereocenters. The molecule has 0 unspecified atom stereocenters. The maximum absolute atomic E-state index is 15.6. The van der Waals surface area contributed by atoms with Crippen molar-refractivity contribution in [2.75, 3.05) is 38.0 Å². The number of benzene rings is 4. The maximum atomic E-state index is 15.6. The molecule has 0 spiro atoms. The van der Waals surface area contributed by atoms with Crippen molar-refractivity contribution in [1.82, 2.24) is 9.80 Å². The molecule has 1 aliphatic rings. The summed E-state index contributed by atoms with van der Waals surface area (Å²) in [4.78, 5) is 8.94. The van der Waals surface area contributed by atoms with Gasteiger partial charge in [-0.15, -0.1) is 0 Å². The fourth-order valence-corrected chi connectivity index (χ4v) is 5.48. The molecule has 1 fully saturated rings. The lowest BCUT2D eigenvalue weighted by atomic mass is 9.98. The first-order chi connectivity index (χ1) is 19.9. The Morgan fingerprint density at radius 3 is 2.00 bits per heavy atom. The Hall–Kier alpha value is -3.87. The van der Waals surface area contributed by atoms with E-state index < -0.39 is 11.6 Å². The van der Waals surface area contributed by atoms with Crippen LogP contribution in [0.15, 0.2) is 77.8 Å². The molecule has 1 saturated heterocycles. The summed E-state index contributed by atoms with van der Waals surface area (Å²) in [6.07, 6.45) is 1.21. The number of nitrogens with zero attached hydrogens (tertiary/aromatic N) is 3. The van der Waals surface area contributed by atoms with Gasteiger partial charge in [0.15, 0.2) is 5.82 Å². The van der Waals surface area contributed by atoms with E-state index in [9.17, 15) is 0 Å². The Balaban J connectivity index is 1.30. The summed E-state index contributed by atoms with van der Waals surface area (Å²) in [5.74, 6) is -1.40. The highest BCUT2D eigenvalue weighted by Crippen LogP contribution is 2.39. The van der Waals surface area contributed by atoms with E-state index in [4.69, 9.17) is 0 Å². The Bertz CT molecular complexity index is 1510. The highest BCUT2D eigenvalue weighted by atomic mass is 19.1. The van der Waals surface area contributed by atoms with E-state index in [1.165, 1.54) is 24.6 Å². The number of piperazine rings is 1. The van der Waals surface area contributed by atoms with Gasteiger partial charge in [0.25, 0.3) is 0 Å². The molecule has 1 N–H and O–H groups in total. The number of rotatable bonds is 9. The van der Waals surface area contributed by atoms with E-state index in [2.05, 4.69) is 58.0 Å². The number of halogens is 2. The van der Waals surface area contributed by atoms with Gasteiger partial charge in [-0.1, -0.05) is 61.5 Å². The Labute approximate surface area is 242 Å². The lowest BCUT2D eigenvalue weighted by Crippen LogP contribution is -2.45. The van der Waals surface area contributed by atoms with Gasteiger partial charge in [-0.2, -0.15) is 0 Å². The van der Waals surface area contributed by atoms with Crippen LogP contribution in [0.25, 0.3) is 22.3 Å². The second-order valence-corrected chi connectivity index (χ2v) is 10.9. The van der Waals surface area contributed by atoms with Crippen molar-refractivity contribution in [2.24, 2.45) is 4.99 Å². The smallest absolute Gasteiger partial charge is 0.161 e. The zero-order valence-electron chi connectivity index (χ0n) is 24.2. The zero-order chi connectivity index (χ0) is 28.9. The summed E-state index contributed by atoms with van der Waals surface area (Å²) in [6.45, 7) is 16.4. The van der Waals surface area contributed by atoms with Crippen molar-refractivity contribution >= 4 is 23.8 Å². The largest absolute Gasteiger partial charge is 0.354 e. The van der Waals surface area contributed by atoms with E-state index in [0.29, 0.717) is 5.56 Å². The molecule has 4 aromatic carbocycles. The summed E-state index contributed by atoms with van der Waals surface area (Å²) in [7, 11) is 0. The third-order valence-electron chi connectivity index (χ3n) is 8.01. The van der Waals surface area contributed by atoms with E-state index in [1.54, 1.807) is 12.1 Å². The molecule has 6 heteroatoms. The van der Waals surface area contributed by atoms with Crippen LogP contribution in [0.4, 0.5) is 25.8 Å². The van der Waals surface area contributed by atoms with Crippen LogP contribution in [0.1, 0.15) is 30.0 Å². The molecule has 0 aromatic heterocycles. The first kappa shape index (κ1) is 28.7. The molecule has 41 heavy (non-hydrogen) atoms. The van der Waals surface area contributed by atoms with Gasteiger partial charge in [-0.3, -0.25) is 9.89 Å². The third kappa shape index (κ3) is 6.55. The number of anilines is 2. The monoisotopic (exact) mass is 552 g/mol. The minimum Gasteiger partial charge on any atom is -0.354 e. The van der Waals surface area contributed by atoms with Crippen molar-refractivity contribution in [3.63, 3.8) is 0 Å². The first-order valence-electron chi connectivity index (χ1n) is 14.3. The van der Waals surface area contributed by atoms with Crippen molar-refractivity contribution in [1.29, 1.82) is 0 Å². The lowest BCUT2D eigenvalue weighted by molar-refractivity contribution is 0.127. The van der Waals surface area contributed by atoms with Crippen LogP contribution < -0.4 is 5.32 Å². The van der Waals surface area contributed by atoms with Crippen molar-refractivity contribution < 1.29 is 8.78 Å². The fraction of sp³-hybridized carbons (Fsp3) is 0.286. The molecule has 212 valence electrons. The predicted molar refractivity (Wildman–Crippen MR) is 168 cm³/mol. The van der Waals surface area contributed by atoms with Crippen molar-refractivity contribution in [2.45, 2.75) is 33.7 Å².